The van der Waals surface area contributed by atoms with Gasteiger partial charge >= 0.3 is 0 Å². The summed E-state index contributed by atoms with van der Waals surface area (Å²) in [5.74, 6) is -1.21. The van der Waals surface area contributed by atoms with Crippen LogP contribution in [0, 0.1) is 0 Å². The molecule has 2 aliphatic heterocycles. The van der Waals surface area contributed by atoms with E-state index in [1.807, 2.05) is 44.4 Å². The van der Waals surface area contributed by atoms with Crippen molar-refractivity contribution in [3.8, 4) is 11.5 Å². The van der Waals surface area contributed by atoms with Crippen LogP contribution in [0.3, 0.4) is 0 Å². The number of phenols is 2. The minimum absolute atomic E-state index is 0.0590. The van der Waals surface area contributed by atoms with Gasteiger partial charge in [-0.05, 0) is 46.2 Å². The number of hydrogen-bond acceptors (Lipinski definition) is 8. The van der Waals surface area contributed by atoms with Gasteiger partial charge in [-0.2, -0.15) is 0 Å². The van der Waals surface area contributed by atoms with E-state index in [-0.39, 0.29) is 11.5 Å². The van der Waals surface area contributed by atoms with Gasteiger partial charge in [0.15, 0.2) is 0 Å². The third-order valence-corrected chi connectivity index (χ3v) is 10.8. The van der Waals surface area contributed by atoms with E-state index < -0.39 is 24.0 Å². The summed E-state index contributed by atoms with van der Waals surface area (Å²) < 4.78 is 0. The Labute approximate surface area is 266 Å². The summed E-state index contributed by atoms with van der Waals surface area (Å²) in [6.45, 7) is 1.39. The van der Waals surface area contributed by atoms with Crippen LogP contribution in [0.25, 0.3) is 43.1 Å². The van der Waals surface area contributed by atoms with Crippen molar-refractivity contribution >= 4 is 65.8 Å². The second-order valence-corrected chi connectivity index (χ2v) is 13.4. The first-order valence-electron chi connectivity index (χ1n) is 15.8. The Morgan fingerprint density at radius 1 is 0.478 bits per heavy atom. The highest BCUT2D eigenvalue weighted by molar-refractivity contribution is 6.22. The van der Waals surface area contributed by atoms with Gasteiger partial charge < -0.3 is 40.0 Å². The number of aliphatic hydroxyl groups excluding tert-OH is 2. The molecule has 46 heavy (non-hydrogen) atoms. The monoisotopic (exact) mass is 612 g/mol. The van der Waals surface area contributed by atoms with Gasteiger partial charge in [-0.25, -0.2) is 0 Å². The van der Waals surface area contributed by atoms with Crippen LogP contribution >= 0.6 is 0 Å². The lowest BCUT2D eigenvalue weighted by Crippen LogP contribution is -2.52. The summed E-state index contributed by atoms with van der Waals surface area (Å²) >= 11 is 0. The number of phenolic OH excluding ortho intramolecular Hbond substituents is 2. The molecule has 6 aromatic rings. The molecular formula is C38H36N4O4. The molecule has 232 valence electrons. The molecule has 2 heterocycles. The van der Waals surface area contributed by atoms with E-state index in [2.05, 4.69) is 64.0 Å². The zero-order valence-corrected chi connectivity index (χ0v) is 26.2. The number of nitrogens with zero attached hydrogens (tertiary/aromatic N) is 4. The van der Waals surface area contributed by atoms with Crippen molar-refractivity contribution in [3.63, 3.8) is 0 Å². The van der Waals surface area contributed by atoms with Crippen LogP contribution in [-0.4, -0.2) is 74.2 Å². The summed E-state index contributed by atoms with van der Waals surface area (Å²) in [6.07, 6.45) is -1.96. The number of benzene rings is 6. The fraction of sp³-hybridized carbons (Fsp3) is 0.263. The molecule has 0 saturated heterocycles. The molecular weight excluding hydrogens is 576 g/mol. The molecule has 6 aromatic carbocycles. The molecule has 9 rings (SSSR count). The van der Waals surface area contributed by atoms with Crippen LogP contribution in [0.1, 0.15) is 23.0 Å². The summed E-state index contributed by atoms with van der Waals surface area (Å²) in [7, 11) is 8.21. The molecule has 8 heteroatoms. The first kappa shape index (κ1) is 27.4. The van der Waals surface area contributed by atoms with E-state index in [4.69, 9.17) is 0 Å². The maximum Gasteiger partial charge on any atom is 0.123 e. The number of hydrogen-bond donors (Lipinski definition) is 4. The summed E-state index contributed by atoms with van der Waals surface area (Å²) in [4.78, 5) is 8.73. The second kappa shape index (κ2) is 9.31. The van der Waals surface area contributed by atoms with Crippen molar-refractivity contribution in [2.75, 3.05) is 61.1 Å². The average Bonchev–Trinajstić information content (AvgIpc) is 3.03. The Balaban J connectivity index is 1.32. The smallest absolute Gasteiger partial charge is 0.123 e. The highest BCUT2D eigenvalue weighted by atomic mass is 16.3. The molecule has 2 atom stereocenters. The number of rotatable bonds is 2. The average molecular weight is 613 g/mol. The van der Waals surface area contributed by atoms with E-state index >= 15 is 0 Å². The number of aliphatic hydroxyl groups is 2. The zero-order chi connectivity index (χ0) is 31.8. The highest BCUT2D eigenvalue weighted by Crippen LogP contribution is 2.59. The molecule has 8 nitrogen and oxygen atoms in total. The van der Waals surface area contributed by atoms with Crippen molar-refractivity contribution < 1.29 is 20.4 Å². The van der Waals surface area contributed by atoms with Gasteiger partial charge in [-0.1, -0.05) is 48.5 Å². The quantitative estimate of drug-likeness (QED) is 0.177. The molecule has 1 aliphatic carbocycles. The van der Waals surface area contributed by atoms with Gasteiger partial charge in [-0.15, -0.1) is 0 Å². The normalized spacial score (nSPS) is 22.4. The van der Waals surface area contributed by atoms with Crippen LogP contribution in [0.2, 0.25) is 0 Å². The van der Waals surface area contributed by atoms with Crippen LogP contribution in [0.15, 0.2) is 72.8 Å². The highest BCUT2D eigenvalue weighted by Gasteiger charge is 2.53. The zero-order valence-electron chi connectivity index (χ0n) is 26.2. The van der Waals surface area contributed by atoms with Gasteiger partial charge in [0.1, 0.15) is 11.5 Å². The lowest BCUT2D eigenvalue weighted by Gasteiger charge is -2.49. The van der Waals surface area contributed by atoms with Gasteiger partial charge in [0.05, 0.1) is 36.9 Å². The predicted molar refractivity (Wildman–Crippen MR) is 187 cm³/mol. The van der Waals surface area contributed by atoms with Gasteiger partial charge in [-0.3, -0.25) is 0 Å². The number of aromatic hydroxyl groups is 2. The fourth-order valence-corrected chi connectivity index (χ4v) is 9.03. The topological polar surface area (TPSA) is 93.9 Å². The third-order valence-electron chi connectivity index (χ3n) is 10.8. The Bertz CT molecular complexity index is 2280. The molecule has 0 aromatic heterocycles. The maximum atomic E-state index is 12.3. The number of fused-ring (bicyclic) bond motifs is 4. The first-order valence-corrected chi connectivity index (χ1v) is 15.8. The summed E-state index contributed by atoms with van der Waals surface area (Å²) in [6, 6.07) is 23.6. The van der Waals surface area contributed by atoms with E-state index in [0.29, 0.717) is 23.0 Å². The van der Waals surface area contributed by atoms with Crippen molar-refractivity contribution in [2.24, 2.45) is 0 Å². The molecule has 0 bridgehead atoms. The van der Waals surface area contributed by atoms with Gasteiger partial charge in [0.25, 0.3) is 0 Å². The Morgan fingerprint density at radius 3 is 1.74 bits per heavy atom. The fourth-order valence-electron chi connectivity index (χ4n) is 9.03. The van der Waals surface area contributed by atoms with Crippen molar-refractivity contribution in [3.05, 3.63) is 83.9 Å². The SMILES string of the molecule is CN1CN(C)c2c3ccccc3c(C3C(O)C(c4c5c(O)cccc5c5c6c(ccc(O)c46)N(C)CN5C)C3O)c3cccc1c23. The maximum absolute atomic E-state index is 12.3. The predicted octanol–water partition coefficient (Wildman–Crippen LogP) is 6.00. The minimum Gasteiger partial charge on any atom is -0.507 e. The molecule has 4 N–H and O–H groups in total. The third kappa shape index (κ3) is 3.30. The molecule has 3 aliphatic rings. The Hall–Kier alpha value is -4.92. The molecule has 0 amide bonds. The van der Waals surface area contributed by atoms with Crippen molar-refractivity contribution in [1.29, 1.82) is 0 Å². The van der Waals surface area contributed by atoms with Gasteiger partial charge in [0.2, 0.25) is 0 Å². The first-order chi connectivity index (χ1) is 22.2. The Morgan fingerprint density at radius 2 is 1.02 bits per heavy atom. The lowest BCUT2D eigenvalue weighted by molar-refractivity contribution is -0.0766. The molecule has 2 unspecified atom stereocenters. The van der Waals surface area contributed by atoms with Crippen molar-refractivity contribution in [2.45, 2.75) is 24.0 Å². The van der Waals surface area contributed by atoms with Gasteiger partial charge in [0, 0.05) is 83.7 Å². The molecule has 0 spiro atoms. The molecule has 0 radical (unpaired) electrons. The second-order valence-electron chi connectivity index (χ2n) is 13.4. The van der Waals surface area contributed by atoms with Crippen LogP contribution in [-0.2, 0) is 0 Å². The lowest BCUT2D eigenvalue weighted by atomic mass is 9.60. The van der Waals surface area contributed by atoms with Crippen LogP contribution in [0.4, 0.5) is 22.7 Å². The Kier molecular flexibility index (Phi) is 5.55. The summed E-state index contributed by atoms with van der Waals surface area (Å²) in [5, 5.41) is 54.6. The van der Waals surface area contributed by atoms with E-state index in [1.54, 1.807) is 12.1 Å². The van der Waals surface area contributed by atoms with Crippen molar-refractivity contribution in [1.82, 2.24) is 0 Å². The van der Waals surface area contributed by atoms with E-state index in [0.717, 1.165) is 67.3 Å². The van der Waals surface area contributed by atoms with E-state index in [1.165, 1.54) is 0 Å². The molecule has 1 saturated carbocycles. The van der Waals surface area contributed by atoms with E-state index in [9.17, 15) is 20.4 Å². The van der Waals surface area contributed by atoms with Crippen LogP contribution < -0.4 is 19.6 Å². The molecule has 1 fully saturated rings. The minimum atomic E-state index is -0.979. The number of anilines is 4. The largest absolute Gasteiger partial charge is 0.507 e. The standard InChI is InChI=1S/C38H36N4O4/c1-39-17-41(3)35-20-10-6-5-9-19(20)27(21-11-7-13-23(39)28(21)35)33-37(45)34(38(33)46)32-29-22(12-8-14-25(29)43)36-30-24(40(2)18-42(36)4)15-16-26(44)31(30)32/h5-16,33-34,37-38,43-46H,17-18H2,1-4H3. The van der Waals surface area contributed by atoms with Crippen LogP contribution in [0.5, 0.6) is 11.5 Å². The summed E-state index contributed by atoms with van der Waals surface area (Å²) in [5.41, 5.74) is 5.65.